The standard InChI is InChI=1S/C11H17N3/c1-14(2)11-10(4-3-5-13-11)6-9-7-12-8-9/h3-5,9,12H,6-8H2,1-2H3. The van der Waals surface area contributed by atoms with Gasteiger partial charge < -0.3 is 10.2 Å². The van der Waals surface area contributed by atoms with Crippen LogP contribution in [0.2, 0.25) is 0 Å². The maximum absolute atomic E-state index is 4.40. The van der Waals surface area contributed by atoms with E-state index in [9.17, 15) is 0 Å². The van der Waals surface area contributed by atoms with Crippen molar-refractivity contribution in [3.8, 4) is 0 Å². The summed E-state index contributed by atoms with van der Waals surface area (Å²) in [7, 11) is 4.09. The van der Waals surface area contributed by atoms with Gasteiger partial charge in [-0.2, -0.15) is 0 Å². The van der Waals surface area contributed by atoms with Gasteiger partial charge in [0.1, 0.15) is 5.82 Å². The Balaban J connectivity index is 2.13. The second-order valence-corrected chi connectivity index (χ2v) is 4.11. The van der Waals surface area contributed by atoms with Crippen molar-refractivity contribution in [1.29, 1.82) is 0 Å². The van der Waals surface area contributed by atoms with Crippen LogP contribution in [0.5, 0.6) is 0 Å². The lowest BCUT2D eigenvalue weighted by molar-refractivity contribution is 0.346. The van der Waals surface area contributed by atoms with Crippen molar-refractivity contribution in [3.63, 3.8) is 0 Å². The van der Waals surface area contributed by atoms with Crippen LogP contribution in [-0.2, 0) is 6.42 Å². The fourth-order valence-corrected chi connectivity index (χ4v) is 1.80. The molecule has 76 valence electrons. The molecular formula is C11H17N3. The molecule has 1 aliphatic heterocycles. The predicted octanol–water partition coefficient (Wildman–Crippen LogP) is 0.909. The van der Waals surface area contributed by atoms with Crippen LogP contribution in [0.4, 0.5) is 5.82 Å². The fourth-order valence-electron chi connectivity index (χ4n) is 1.80. The van der Waals surface area contributed by atoms with Gasteiger partial charge in [0.25, 0.3) is 0 Å². The van der Waals surface area contributed by atoms with Gasteiger partial charge in [0.2, 0.25) is 0 Å². The molecule has 14 heavy (non-hydrogen) atoms. The van der Waals surface area contributed by atoms with E-state index in [-0.39, 0.29) is 0 Å². The van der Waals surface area contributed by atoms with Crippen LogP contribution in [0, 0.1) is 5.92 Å². The Morgan fingerprint density at radius 1 is 1.50 bits per heavy atom. The Labute approximate surface area is 85.1 Å². The van der Waals surface area contributed by atoms with Gasteiger partial charge in [-0.1, -0.05) is 6.07 Å². The van der Waals surface area contributed by atoms with Crippen LogP contribution < -0.4 is 10.2 Å². The number of hydrogen-bond donors (Lipinski definition) is 1. The van der Waals surface area contributed by atoms with Gasteiger partial charge in [-0.3, -0.25) is 0 Å². The van der Waals surface area contributed by atoms with Crippen molar-refractivity contribution in [2.24, 2.45) is 5.92 Å². The van der Waals surface area contributed by atoms with Crippen LogP contribution in [0.25, 0.3) is 0 Å². The van der Waals surface area contributed by atoms with E-state index in [1.165, 1.54) is 5.56 Å². The fraction of sp³-hybridized carbons (Fsp3) is 0.545. The maximum Gasteiger partial charge on any atom is 0.131 e. The first-order valence-electron chi connectivity index (χ1n) is 5.09. The number of nitrogens with one attached hydrogen (secondary N) is 1. The van der Waals surface area contributed by atoms with Gasteiger partial charge in [-0.15, -0.1) is 0 Å². The van der Waals surface area contributed by atoms with E-state index < -0.39 is 0 Å². The SMILES string of the molecule is CN(C)c1ncccc1CC1CNC1. The lowest BCUT2D eigenvalue weighted by atomic mass is 9.94. The van der Waals surface area contributed by atoms with Gasteiger partial charge >= 0.3 is 0 Å². The molecule has 2 heterocycles. The molecule has 0 spiro atoms. The first-order valence-corrected chi connectivity index (χ1v) is 5.09. The Morgan fingerprint density at radius 3 is 2.86 bits per heavy atom. The van der Waals surface area contributed by atoms with Gasteiger partial charge in [-0.05, 0) is 37.1 Å². The van der Waals surface area contributed by atoms with E-state index in [2.05, 4.69) is 21.3 Å². The topological polar surface area (TPSA) is 28.2 Å². The highest BCUT2D eigenvalue weighted by Crippen LogP contribution is 2.20. The number of rotatable bonds is 3. The molecule has 1 N–H and O–H groups in total. The Kier molecular flexibility index (Phi) is 2.68. The van der Waals surface area contributed by atoms with Crippen LogP contribution in [0.3, 0.4) is 0 Å². The van der Waals surface area contributed by atoms with E-state index in [0.717, 1.165) is 31.2 Å². The minimum Gasteiger partial charge on any atom is -0.363 e. The molecule has 0 saturated carbocycles. The molecule has 0 atom stereocenters. The number of anilines is 1. The predicted molar refractivity (Wildman–Crippen MR) is 58.6 cm³/mol. The first kappa shape index (κ1) is 9.46. The van der Waals surface area contributed by atoms with Gasteiger partial charge in [-0.25, -0.2) is 4.98 Å². The Hall–Kier alpha value is -1.09. The second-order valence-electron chi connectivity index (χ2n) is 4.11. The highest BCUT2D eigenvalue weighted by atomic mass is 15.1. The van der Waals surface area contributed by atoms with Gasteiger partial charge in [0, 0.05) is 20.3 Å². The molecule has 3 nitrogen and oxygen atoms in total. The minimum atomic E-state index is 0.804. The van der Waals surface area contributed by atoms with E-state index in [4.69, 9.17) is 0 Å². The summed E-state index contributed by atoms with van der Waals surface area (Å²) in [6.45, 7) is 2.31. The first-order chi connectivity index (χ1) is 6.77. The molecule has 0 aliphatic carbocycles. The second kappa shape index (κ2) is 3.96. The molecule has 0 bridgehead atoms. The third kappa shape index (κ3) is 1.87. The van der Waals surface area contributed by atoms with Crippen molar-refractivity contribution in [2.45, 2.75) is 6.42 Å². The summed E-state index contributed by atoms with van der Waals surface area (Å²) in [5, 5.41) is 3.30. The average Bonchev–Trinajstić information content (AvgIpc) is 2.12. The van der Waals surface area contributed by atoms with Crippen LogP contribution in [0.1, 0.15) is 5.56 Å². The Morgan fingerprint density at radius 2 is 2.29 bits per heavy atom. The third-order valence-corrected chi connectivity index (χ3v) is 2.67. The molecular weight excluding hydrogens is 174 g/mol. The quantitative estimate of drug-likeness (QED) is 0.769. The summed E-state index contributed by atoms with van der Waals surface area (Å²) in [5.41, 5.74) is 1.36. The molecule has 1 fully saturated rings. The molecule has 1 aromatic heterocycles. The van der Waals surface area contributed by atoms with Crippen LogP contribution >= 0.6 is 0 Å². The molecule has 1 aromatic rings. The highest BCUT2D eigenvalue weighted by molar-refractivity contribution is 5.45. The number of nitrogens with zero attached hydrogens (tertiary/aromatic N) is 2. The van der Waals surface area contributed by atoms with Gasteiger partial charge in [0.05, 0.1) is 0 Å². The van der Waals surface area contributed by atoms with Crippen molar-refractivity contribution in [2.75, 3.05) is 32.1 Å². The van der Waals surface area contributed by atoms with E-state index >= 15 is 0 Å². The zero-order valence-electron chi connectivity index (χ0n) is 8.83. The van der Waals surface area contributed by atoms with Crippen LogP contribution in [0.15, 0.2) is 18.3 Å². The molecule has 0 amide bonds. The average molecular weight is 191 g/mol. The summed E-state index contributed by atoms with van der Waals surface area (Å²) < 4.78 is 0. The lowest BCUT2D eigenvalue weighted by Crippen LogP contribution is -2.43. The summed E-state index contributed by atoms with van der Waals surface area (Å²) in [4.78, 5) is 6.48. The normalized spacial score (nSPS) is 16.4. The number of pyridine rings is 1. The summed E-state index contributed by atoms with van der Waals surface area (Å²) in [6.07, 6.45) is 3.01. The summed E-state index contributed by atoms with van der Waals surface area (Å²) in [6, 6.07) is 4.20. The molecule has 0 aromatic carbocycles. The zero-order valence-corrected chi connectivity index (χ0v) is 8.83. The number of hydrogen-bond acceptors (Lipinski definition) is 3. The maximum atomic E-state index is 4.40. The number of aromatic nitrogens is 1. The molecule has 0 radical (unpaired) electrons. The molecule has 3 heteroatoms. The van der Waals surface area contributed by atoms with Crippen molar-refractivity contribution in [3.05, 3.63) is 23.9 Å². The van der Waals surface area contributed by atoms with Gasteiger partial charge in [0.15, 0.2) is 0 Å². The molecule has 1 saturated heterocycles. The largest absolute Gasteiger partial charge is 0.363 e. The zero-order chi connectivity index (χ0) is 9.97. The van der Waals surface area contributed by atoms with Crippen molar-refractivity contribution in [1.82, 2.24) is 10.3 Å². The third-order valence-electron chi connectivity index (χ3n) is 2.67. The highest BCUT2D eigenvalue weighted by Gasteiger charge is 2.18. The monoisotopic (exact) mass is 191 g/mol. The molecule has 1 aliphatic rings. The van der Waals surface area contributed by atoms with E-state index in [0.29, 0.717) is 0 Å². The van der Waals surface area contributed by atoms with E-state index in [1.807, 2.05) is 26.4 Å². The lowest BCUT2D eigenvalue weighted by Gasteiger charge is -2.28. The van der Waals surface area contributed by atoms with E-state index in [1.54, 1.807) is 0 Å². The van der Waals surface area contributed by atoms with Crippen molar-refractivity contribution < 1.29 is 0 Å². The minimum absolute atomic E-state index is 0.804. The van der Waals surface area contributed by atoms with Crippen molar-refractivity contribution >= 4 is 5.82 Å². The summed E-state index contributed by atoms with van der Waals surface area (Å²) >= 11 is 0. The Bertz CT molecular complexity index is 305. The smallest absolute Gasteiger partial charge is 0.131 e. The van der Waals surface area contributed by atoms with Crippen LogP contribution in [-0.4, -0.2) is 32.2 Å². The molecule has 0 unspecified atom stereocenters. The molecule has 2 rings (SSSR count). The summed E-state index contributed by atoms with van der Waals surface area (Å²) in [5.74, 6) is 1.91.